The van der Waals surface area contributed by atoms with Crippen LogP contribution in [0.5, 0.6) is 0 Å². The molecule has 3 heteroatoms. The number of unbranched alkanes of at least 4 members (excludes halogenated alkanes) is 1. The number of β-lactam (4-membered cyclic amide) rings is 1. The standard InChI is InChI=1S/C17H19NO2/c1-3-5-9-12-18-15(4-2)16(17(18)19)20-13-14-10-7-6-8-11-14/h1,4,6-8,10-11,15-16H,2,5,9,12-13H2/t15-,16+/m0/s1. The van der Waals surface area contributed by atoms with Crippen molar-refractivity contribution in [1.29, 1.82) is 0 Å². The smallest absolute Gasteiger partial charge is 0.254 e. The number of carbonyl (C=O) groups is 1. The molecule has 1 aromatic rings. The highest BCUT2D eigenvalue weighted by Gasteiger charge is 2.45. The summed E-state index contributed by atoms with van der Waals surface area (Å²) in [5, 5.41) is 0. The lowest BCUT2D eigenvalue weighted by Gasteiger charge is -2.45. The summed E-state index contributed by atoms with van der Waals surface area (Å²) in [4.78, 5) is 13.8. The molecule has 3 nitrogen and oxygen atoms in total. The van der Waals surface area contributed by atoms with Gasteiger partial charge in [-0.25, -0.2) is 0 Å². The van der Waals surface area contributed by atoms with E-state index in [1.807, 2.05) is 30.3 Å². The van der Waals surface area contributed by atoms with E-state index in [2.05, 4.69) is 12.5 Å². The number of terminal acetylenes is 1. The van der Waals surface area contributed by atoms with E-state index in [0.717, 1.165) is 12.0 Å². The summed E-state index contributed by atoms with van der Waals surface area (Å²) in [6.07, 6.45) is 8.08. The number of benzene rings is 1. The maximum atomic E-state index is 12.0. The van der Waals surface area contributed by atoms with Crippen LogP contribution >= 0.6 is 0 Å². The molecule has 0 aliphatic carbocycles. The van der Waals surface area contributed by atoms with Crippen LogP contribution in [0.2, 0.25) is 0 Å². The van der Waals surface area contributed by atoms with Crippen LogP contribution in [0.3, 0.4) is 0 Å². The van der Waals surface area contributed by atoms with Crippen molar-refractivity contribution in [2.45, 2.75) is 31.6 Å². The molecule has 0 radical (unpaired) electrons. The van der Waals surface area contributed by atoms with Crippen LogP contribution < -0.4 is 0 Å². The van der Waals surface area contributed by atoms with E-state index < -0.39 is 6.10 Å². The summed E-state index contributed by atoms with van der Waals surface area (Å²) in [5.41, 5.74) is 1.06. The Labute approximate surface area is 120 Å². The Balaban J connectivity index is 1.85. The Hall–Kier alpha value is -2.05. The lowest BCUT2D eigenvalue weighted by Crippen LogP contribution is -2.64. The summed E-state index contributed by atoms with van der Waals surface area (Å²) in [6, 6.07) is 9.80. The Morgan fingerprint density at radius 1 is 1.40 bits per heavy atom. The number of nitrogens with zero attached hydrogens (tertiary/aromatic N) is 1. The molecule has 0 bridgehead atoms. The SMILES string of the molecule is C#CCCCN1C(=O)[C@H](OCc2ccccc2)[C@@H]1C=C. The molecule has 2 rings (SSSR count). The van der Waals surface area contributed by atoms with Gasteiger partial charge in [-0.2, -0.15) is 0 Å². The second-order valence-corrected chi connectivity index (χ2v) is 4.78. The Bertz CT molecular complexity index is 503. The topological polar surface area (TPSA) is 29.5 Å². The van der Waals surface area contributed by atoms with Crippen molar-refractivity contribution in [3.05, 3.63) is 48.6 Å². The molecule has 0 N–H and O–H groups in total. The third kappa shape index (κ3) is 3.09. The van der Waals surface area contributed by atoms with Crippen molar-refractivity contribution in [3.8, 4) is 12.3 Å². The van der Waals surface area contributed by atoms with Crippen molar-refractivity contribution >= 4 is 5.91 Å². The average molecular weight is 269 g/mol. The van der Waals surface area contributed by atoms with Crippen molar-refractivity contribution in [1.82, 2.24) is 4.90 Å². The highest BCUT2D eigenvalue weighted by atomic mass is 16.5. The molecule has 1 aromatic carbocycles. The van der Waals surface area contributed by atoms with Gasteiger partial charge < -0.3 is 9.64 Å². The van der Waals surface area contributed by atoms with Gasteiger partial charge in [-0.05, 0) is 12.0 Å². The van der Waals surface area contributed by atoms with Crippen molar-refractivity contribution in [2.75, 3.05) is 6.54 Å². The summed E-state index contributed by atoms with van der Waals surface area (Å²) in [5.74, 6) is 2.61. The van der Waals surface area contributed by atoms with E-state index in [1.54, 1.807) is 11.0 Å². The number of ether oxygens (including phenoxy) is 1. The second-order valence-electron chi connectivity index (χ2n) is 4.78. The molecule has 1 fully saturated rings. The Morgan fingerprint density at radius 2 is 2.15 bits per heavy atom. The number of amides is 1. The minimum absolute atomic E-state index is 0.0304. The summed E-state index contributed by atoms with van der Waals surface area (Å²) in [7, 11) is 0. The van der Waals surface area contributed by atoms with Gasteiger partial charge in [-0.3, -0.25) is 4.79 Å². The van der Waals surface area contributed by atoms with Gasteiger partial charge in [0.05, 0.1) is 12.6 Å². The van der Waals surface area contributed by atoms with E-state index in [4.69, 9.17) is 11.2 Å². The van der Waals surface area contributed by atoms with Crippen LogP contribution in [-0.2, 0) is 16.1 Å². The Kier molecular flexibility index (Phi) is 4.97. The molecule has 1 aliphatic heterocycles. The molecule has 20 heavy (non-hydrogen) atoms. The molecule has 104 valence electrons. The largest absolute Gasteiger partial charge is 0.361 e. The van der Waals surface area contributed by atoms with Crippen LogP contribution in [0.15, 0.2) is 43.0 Å². The van der Waals surface area contributed by atoms with Crippen molar-refractivity contribution < 1.29 is 9.53 Å². The third-order valence-electron chi connectivity index (χ3n) is 3.43. The lowest BCUT2D eigenvalue weighted by molar-refractivity contribution is -0.170. The van der Waals surface area contributed by atoms with Crippen LogP contribution in [0, 0.1) is 12.3 Å². The Morgan fingerprint density at radius 3 is 2.80 bits per heavy atom. The minimum Gasteiger partial charge on any atom is -0.361 e. The molecular formula is C17H19NO2. The molecule has 0 saturated carbocycles. The highest BCUT2D eigenvalue weighted by molar-refractivity contribution is 5.89. The van der Waals surface area contributed by atoms with Gasteiger partial charge in [0.25, 0.3) is 5.91 Å². The first-order chi connectivity index (χ1) is 9.77. The summed E-state index contributed by atoms with van der Waals surface area (Å²) < 4.78 is 5.71. The van der Waals surface area contributed by atoms with Gasteiger partial charge in [0.15, 0.2) is 6.10 Å². The lowest BCUT2D eigenvalue weighted by atomic mass is 9.97. The monoisotopic (exact) mass is 269 g/mol. The van der Waals surface area contributed by atoms with Gasteiger partial charge in [-0.15, -0.1) is 18.9 Å². The predicted octanol–water partition coefficient (Wildman–Crippen LogP) is 2.38. The second kappa shape index (κ2) is 6.93. The van der Waals surface area contributed by atoms with E-state index in [9.17, 15) is 4.79 Å². The number of carbonyl (C=O) groups excluding carboxylic acids is 1. The fourth-order valence-electron chi connectivity index (χ4n) is 2.33. The van der Waals surface area contributed by atoms with Crippen LogP contribution in [-0.4, -0.2) is 29.5 Å². The first kappa shape index (κ1) is 14.4. The fraction of sp³-hybridized carbons (Fsp3) is 0.353. The van der Waals surface area contributed by atoms with E-state index in [-0.39, 0.29) is 11.9 Å². The molecular weight excluding hydrogens is 250 g/mol. The molecule has 1 saturated heterocycles. The summed E-state index contributed by atoms with van der Waals surface area (Å²) >= 11 is 0. The van der Waals surface area contributed by atoms with Gasteiger partial charge >= 0.3 is 0 Å². The van der Waals surface area contributed by atoms with E-state index in [1.165, 1.54) is 0 Å². The average Bonchev–Trinajstić information content (AvgIpc) is 2.49. The third-order valence-corrected chi connectivity index (χ3v) is 3.43. The summed E-state index contributed by atoms with van der Waals surface area (Å²) in [6.45, 7) is 4.90. The zero-order chi connectivity index (χ0) is 14.4. The predicted molar refractivity (Wildman–Crippen MR) is 78.8 cm³/mol. The first-order valence-electron chi connectivity index (χ1n) is 6.80. The zero-order valence-corrected chi connectivity index (χ0v) is 11.5. The molecule has 0 aromatic heterocycles. The first-order valence-corrected chi connectivity index (χ1v) is 6.80. The maximum absolute atomic E-state index is 12.0. The van der Waals surface area contributed by atoms with Gasteiger partial charge in [0, 0.05) is 13.0 Å². The number of likely N-dealkylation sites (tertiary alicyclic amines) is 1. The fourth-order valence-corrected chi connectivity index (χ4v) is 2.33. The van der Waals surface area contributed by atoms with Crippen LogP contribution in [0.4, 0.5) is 0 Å². The molecule has 1 aliphatic rings. The van der Waals surface area contributed by atoms with Crippen molar-refractivity contribution in [2.24, 2.45) is 0 Å². The zero-order valence-electron chi connectivity index (χ0n) is 11.5. The van der Waals surface area contributed by atoms with Gasteiger partial charge in [0.2, 0.25) is 0 Å². The molecule has 2 atom stereocenters. The number of rotatable bonds is 7. The van der Waals surface area contributed by atoms with Crippen LogP contribution in [0.1, 0.15) is 18.4 Å². The minimum atomic E-state index is -0.404. The molecule has 1 heterocycles. The van der Waals surface area contributed by atoms with E-state index in [0.29, 0.717) is 19.6 Å². The highest BCUT2D eigenvalue weighted by Crippen LogP contribution is 2.25. The van der Waals surface area contributed by atoms with Gasteiger partial charge in [-0.1, -0.05) is 36.4 Å². The number of hydrogen-bond acceptors (Lipinski definition) is 2. The maximum Gasteiger partial charge on any atom is 0.254 e. The van der Waals surface area contributed by atoms with Gasteiger partial charge in [0.1, 0.15) is 0 Å². The normalized spacial score (nSPS) is 21.1. The quantitative estimate of drug-likeness (QED) is 0.329. The molecule has 0 unspecified atom stereocenters. The van der Waals surface area contributed by atoms with E-state index >= 15 is 0 Å². The van der Waals surface area contributed by atoms with Crippen molar-refractivity contribution in [3.63, 3.8) is 0 Å². The number of hydrogen-bond donors (Lipinski definition) is 0. The molecule has 1 amide bonds. The molecule has 0 spiro atoms. The van der Waals surface area contributed by atoms with Crippen LogP contribution in [0.25, 0.3) is 0 Å².